The van der Waals surface area contributed by atoms with Gasteiger partial charge in [0.1, 0.15) is 0 Å². The first-order valence-corrected chi connectivity index (χ1v) is 9.95. The molecule has 0 aliphatic heterocycles. The molecule has 0 aromatic carbocycles. The minimum Gasteiger partial charge on any atom is -0.356 e. The van der Waals surface area contributed by atoms with Gasteiger partial charge in [-0.3, -0.25) is 4.99 Å². The fraction of sp³-hybridized carbons (Fsp3) is 0.923. The summed E-state index contributed by atoms with van der Waals surface area (Å²) in [6.07, 6.45) is 2.82. The number of thioether (sulfide) groups is 1. The second-order valence-corrected chi connectivity index (χ2v) is 9.27. The number of aliphatic imine (C=N–C) groups is 1. The van der Waals surface area contributed by atoms with Crippen LogP contribution in [0.3, 0.4) is 0 Å². The van der Waals surface area contributed by atoms with E-state index >= 15 is 0 Å². The number of sulfonamides is 1. The maximum Gasteiger partial charge on any atom is 0.213 e. The third-order valence-electron chi connectivity index (χ3n) is 3.24. The zero-order chi connectivity index (χ0) is 16.5. The Balaban J connectivity index is 4.05. The van der Waals surface area contributed by atoms with Gasteiger partial charge in [-0.1, -0.05) is 0 Å². The van der Waals surface area contributed by atoms with Crippen LogP contribution in [0.2, 0.25) is 0 Å². The summed E-state index contributed by atoms with van der Waals surface area (Å²) >= 11 is 1.80. The highest BCUT2D eigenvalue weighted by atomic mass is 32.2. The fourth-order valence-corrected chi connectivity index (χ4v) is 2.52. The second kappa shape index (κ2) is 9.53. The van der Waals surface area contributed by atoms with Crippen LogP contribution in [0.1, 0.15) is 27.2 Å². The number of rotatable bonds is 9. The van der Waals surface area contributed by atoms with Crippen molar-refractivity contribution in [2.45, 2.75) is 31.9 Å². The van der Waals surface area contributed by atoms with Crippen molar-refractivity contribution in [2.24, 2.45) is 4.99 Å². The van der Waals surface area contributed by atoms with Gasteiger partial charge >= 0.3 is 0 Å². The Labute approximate surface area is 134 Å². The van der Waals surface area contributed by atoms with E-state index in [1.807, 2.05) is 0 Å². The smallest absolute Gasteiger partial charge is 0.213 e. The maximum absolute atomic E-state index is 11.6. The van der Waals surface area contributed by atoms with Gasteiger partial charge in [-0.15, -0.1) is 0 Å². The monoisotopic (exact) mass is 338 g/mol. The molecule has 0 unspecified atom stereocenters. The summed E-state index contributed by atoms with van der Waals surface area (Å²) < 4.78 is 24.7. The molecule has 0 radical (unpaired) electrons. The highest BCUT2D eigenvalue weighted by molar-refractivity contribution is 7.99. The zero-order valence-corrected chi connectivity index (χ0v) is 15.7. The Morgan fingerprint density at radius 2 is 1.95 bits per heavy atom. The predicted octanol–water partition coefficient (Wildman–Crippen LogP) is 0.965. The molecule has 8 heteroatoms. The Kier molecular flexibility index (Phi) is 9.31. The normalized spacial score (nSPS) is 13.6. The van der Waals surface area contributed by atoms with Crippen LogP contribution < -0.4 is 10.6 Å². The topological polar surface area (TPSA) is 73.8 Å². The lowest BCUT2D eigenvalue weighted by molar-refractivity contribution is 0.461. The van der Waals surface area contributed by atoms with E-state index in [1.165, 1.54) is 4.31 Å². The van der Waals surface area contributed by atoms with Crippen molar-refractivity contribution in [1.29, 1.82) is 0 Å². The standard InChI is InChI=1S/C13H30N4O2S2/c1-7-21(18,19)17(5)10-8-9-15-12(14-4)16-11-13(2,3)20-6/h7-11H2,1-6H3,(H2,14,15,16). The molecule has 6 nitrogen and oxygen atoms in total. The molecule has 126 valence electrons. The quantitative estimate of drug-likeness (QED) is 0.372. The van der Waals surface area contributed by atoms with Crippen LogP contribution in [0, 0.1) is 0 Å². The van der Waals surface area contributed by atoms with Gasteiger partial charge in [-0.05, 0) is 33.4 Å². The minimum absolute atomic E-state index is 0.143. The molecule has 21 heavy (non-hydrogen) atoms. The van der Waals surface area contributed by atoms with E-state index in [0.717, 1.165) is 18.9 Å². The molecule has 0 amide bonds. The van der Waals surface area contributed by atoms with Gasteiger partial charge in [0.2, 0.25) is 10.0 Å². The number of nitrogens with one attached hydrogen (secondary N) is 2. The number of nitrogens with zero attached hydrogens (tertiary/aromatic N) is 2. The SMILES string of the molecule is CCS(=O)(=O)N(C)CCCNC(=NC)NCC(C)(C)SC. The molecule has 0 spiro atoms. The Bertz CT molecular complexity index is 422. The fourth-order valence-electron chi connectivity index (χ4n) is 1.46. The summed E-state index contributed by atoms with van der Waals surface area (Å²) in [5.74, 6) is 0.891. The maximum atomic E-state index is 11.6. The molecule has 0 bridgehead atoms. The van der Waals surface area contributed by atoms with Crippen LogP contribution in [-0.2, 0) is 10.0 Å². The van der Waals surface area contributed by atoms with Crippen molar-refractivity contribution in [2.75, 3.05) is 45.7 Å². The van der Waals surface area contributed by atoms with E-state index in [-0.39, 0.29) is 10.5 Å². The van der Waals surface area contributed by atoms with Gasteiger partial charge in [-0.25, -0.2) is 12.7 Å². The summed E-state index contributed by atoms with van der Waals surface area (Å²) in [7, 11) is 0.269. The lowest BCUT2D eigenvalue weighted by Gasteiger charge is -2.24. The van der Waals surface area contributed by atoms with Crippen molar-refractivity contribution in [3.05, 3.63) is 0 Å². The Morgan fingerprint density at radius 1 is 1.33 bits per heavy atom. The summed E-state index contributed by atoms with van der Waals surface area (Å²) in [6.45, 7) is 8.01. The molecule has 0 aliphatic carbocycles. The van der Waals surface area contributed by atoms with Crippen molar-refractivity contribution in [1.82, 2.24) is 14.9 Å². The molecule has 0 aliphatic rings. The van der Waals surface area contributed by atoms with Gasteiger partial charge in [0.15, 0.2) is 5.96 Å². The Morgan fingerprint density at radius 3 is 2.43 bits per heavy atom. The third-order valence-corrected chi connectivity index (χ3v) is 6.35. The summed E-state index contributed by atoms with van der Waals surface area (Å²) in [5, 5.41) is 6.48. The van der Waals surface area contributed by atoms with E-state index in [1.54, 1.807) is 32.8 Å². The average molecular weight is 339 g/mol. The molecular formula is C13H30N4O2S2. The number of hydrogen-bond acceptors (Lipinski definition) is 4. The van der Waals surface area contributed by atoms with E-state index in [9.17, 15) is 8.42 Å². The first kappa shape index (κ1) is 20.5. The predicted molar refractivity (Wildman–Crippen MR) is 93.7 cm³/mol. The van der Waals surface area contributed by atoms with Crippen LogP contribution in [-0.4, -0.2) is 69.2 Å². The van der Waals surface area contributed by atoms with Crippen LogP contribution in [0.4, 0.5) is 0 Å². The van der Waals surface area contributed by atoms with Gasteiger partial charge in [-0.2, -0.15) is 11.8 Å². The highest BCUT2D eigenvalue weighted by Crippen LogP contribution is 2.19. The van der Waals surface area contributed by atoms with Crippen molar-refractivity contribution < 1.29 is 8.42 Å². The molecule has 0 saturated heterocycles. The second-order valence-electron chi connectivity index (χ2n) is 5.39. The molecule has 0 heterocycles. The van der Waals surface area contributed by atoms with Crippen LogP contribution >= 0.6 is 11.8 Å². The van der Waals surface area contributed by atoms with Crippen molar-refractivity contribution in [3.8, 4) is 0 Å². The van der Waals surface area contributed by atoms with Crippen molar-refractivity contribution in [3.63, 3.8) is 0 Å². The van der Waals surface area contributed by atoms with E-state index < -0.39 is 10.0 Å². The average Bonchev–Trinajstić information content (AvgIpc) is 2.46. The number of hydrogen-bond donors (Lipinski definition) is 2. The summed E-state index contributed by atoms with van der Waals surface area (Å²) in [6, 6.07) is 0. The summed E-state index contributed by atoms with van der Waals surface area (Å²) in [5.41, 5.74) is 0. The van der Waals surface area contributed by atoms with Gasteiger partial charge < -0.3 is 10.6 Å². The first-order chi connectivity index (χ1) is 9.68. The molecular weight excluding hydrogens is 308 g/mol. The summed E-state index contributed by atoms with van der Waals surface area (Å²) in [4.78, 5) is 4.16. The highest BCUT2D eigenvalue weighted by Gasteiger charge is 2.16. The molecule has 0 atom stereocenters. The van der Waals surface area contributed by atoms with E-state index in [2.05, 4.69) is 35.7 Å². The van der Waals surface area contributed by atoms with Crippen molar-refractivity contribution >= 4 is 27.7 Å². The molecule has 2 N–H and O–H groups in total. The Hall–Kier alpha value is -0.470. The number of guanidine groups is 1. The van der Waals surface area contributed by atoms with Crippen LogP contribution in [0.25, 0.3) is 0 Å². The van der Waals surface area contributed by atoms with Gasteiger partial charge in [0.25, 0.3) is 0 Å². The zero-order valence-electron chi connectivity index (χ0n) is 14.1. The molecule has 0 aromatic heterocycles. The molecule has 0 fully saturated rings. The van der Waals surface area contributed by atoms with Crippen LogP contribution in [0.15, 0.2) is 4.99 Å². The van der Waals surface area contributed by atoms with Gasteiger partial charge in [0, 0.05) is 38.5 Å². The molecule has 0 aromatic rings. The minimum atomic E-state index is -3.08. The third kappa shape index (κ3) is 8.53. The van der Waals surface area contributed by atoms with E-state index in [4.69, 9.17) is 0 Å². The lowest BCUT2D eigenvalue weighted by Crippen LogP contribution is -2.44. The van der Waals surface area contributed by atoms with Gasteiger partial charge in [0.05, 0.1) is 5.75 Å². The molecule has 0 rings (SSSR count). The first-order valence-electron chi connectivity index (χ1n) is 7.12. The van der Waals surface area contributed by atoms with Crippen LogP contribution in [0.5, 0.6) is 0 Å². The lowest BCUT2D eigenvalue weighted by atomic mass is 10.2. The molecule has 0 saturated carbocycles. The van der Waals surface area contributed by atoms with E-state index in [0.29, 0.717) is 13.1 Å². The largest absolute Gasteiger partial charge is 0.356 e.